The fourth-order valence-corrected chi connectivity index (χ4v) is 1.77. The first-order valence-electron chi connectivity index (χ1n) is 8.01. The van der Waals surface area contributed by atoms with Crippen LogP contribution in [0.25, 0.3) is 0 Å². The normalized spacial score (nSPS) is 10.3. The van der Waals surface area contributed by atoms with Gasteiger partial charge >= 0.3 is 5.97 Å². The Morgan fingerprint density at radius 3 is 2.40 bits per heavy atom. The Bertz CT molecular complexity index is 307. The first-order valence-corrected chi connectivity index (χ1v) is 8.01. The summed E-state index contributed by atoms with van der Waals surface area (Å²) in [6.07, 6.45) is 15.8. The van der Waals surface area contributed by atoms with Crippen LogP contribution in [-0.4, -0.2) is 12.6 Å². The summed E-state index contributed by atoms with van der Waals surface area (Å²) in [4.78, 5) is 10.5. The lowest BCUT2D eigenvalue weighted by Gasteiger charge is -2.00. The number of hydrogen-bond donors (Lipinski definition) is 0. The van der Waals surface area contributed by atoms with Crippen LogP contribution in [0.15, 0.2) is 12.2 Å². The Kier molecular flexibility index (Phi) is 14.9. The second-order valence-electron chi connectivity index (χ2n) is 5.01. The van der Waals surface area contributed by atoms with E-state index in [2.05, 4.69) is 30.9 Å². The summed E-state index contributed by atoms with van der Waals surface area (Å²) in [6, 6.07) is 0. The Hall–Kier alpha value is -1.23. The third kappa shape index (κ3) is 16.8. The van der Waals surface area contributed by atoms with E-state index in [9.17, 15) is 4.79 Å². The van der Waals surface area contributed by atoms with Crippen molar-refractivity contribution >= 4 is 5.97 Å². The third-order valence-corrected chi connectivity index (χ3v) is 2.95. The highest BCUT2D eigenvalue weighted by molar-refractivity contribution is 5.65. The smallest absolute Gasteiger partial charge is 0.302 e. The minimum Gasteiger partial charge on any atom is -0.466 e. The molecule has 0 atom stereocenters. The first kappa shape index (κ1) is 18.8. The molecule has 0 aromatic carbocycles. The summed E-state index contributed by atoms with van der Waals surface area (Å²) < 4.78 is 4.88. The molecule has 0 N–H and O–H groups in total. The maximum absolute atomic E-state index is 10.5. The molecule has 0 saturated heterocycles. The van der Waals surface area contributed by atoms with Gasteiger partial charge in [-0.3, -0.25) is 4.79 Å². The fraction of sp³-hybridized carbons (Fsp3) is 0.722. The lowest BCUT2D eigenvalue weighted by molar-refractivity contribution is -0.141. The molecule has 20 heavy (non-hydrogen) atoms. The van der Waals surface area contributed by atoms with E-state index in [-0.39, 0.29) is 5.97 Å². The van der Waals surface area contributed by atoms with E-state index in [0.717, 1.165) is 38.5 Å². The summed E-state index contributed by atoms with van der Waals surface area (Å²) in [6.45, 7) is 4.23. The van der Waals surface area contributed by atoms with Gasteiger partial charge in [-0.2, -0.15) is 0 Å². The SMILES string of the molecule is CCCC/C=C\CCC#CCCCCCCOC(C)=O. The number of esters is 1. The Balaban J connectivity index is 3.21. The predicted molar refractivity (Wildman–Crippen MR) is 85.4 cm³/mol. The largest absolute Gasteiger partial charge is 0.466 e. The van der Waals surface area contributed by atoms with E-state index in [4.69, 9.17) is 4.74 Å². The van der Waals surface area contributed by atoms with Crippen LogP contribution in [0.1, 0.15) is 78.1 Å². The van der Waals surface area contributed by atoms with Crippen molar-refractivity contribution in [3.8, 4) is 11.8 Å². The van der Waals surface area contributed by atoms with E-state index in [1.165, 1.54) is 32.6 Å². The third-order valence-electron chi connectivity index (χ3n) is 2.95. The minimum absolute atomic E-state index is 0.181. The molecule has 0 aliphatic rings. The number of carbonyl (C=O) groups is 1. The van der Waals surface area contributed by atoms with E-state index in [0.29, 0.717) is 6.61 Å². The number of rotatable bonds is 11. The summed E-state index contributed by atoms with van der Waals surface area (Å²) in [5.74, 6) is 6.27. The highest BCUT2D eigenvalue weighted by Gasteiger charge is 1.92. The molecule has 0 saturated carbocycles. The van der Waals surface area contributed by atoms with E-state index in [1.54, 1.807) is 0 Å². The van der Waals surface area contributed by atoms with Crippen molar-refractivity contribution in [1.82, 2.24) is 0 Å². The Morgan fingerprint density at radius 1 is 0.950 bits per heavy atom. The maximum atomic E-state index is 10.5. The van der Waals surface area contributed by atoms with Gasteiger partial charge in [0.1, 0.15) is 0 Å². The van der Waals surface area contributed by atoms with Gasteiger partial charge in [-0.15, -0.1) is 11.8 Å². The molecule has 0 radical (unpaired) electrons. The number of hydrogen-bond acceptors (Lipinski definition) is 2. The summed E-state index contributed by atoms with van der Waals surface area (Å²) >= 11 is 0. The van der Waals surface area contributed by atoms with Gasteiger partial charge in [0.25, 0.3) is 0 Å². The van der Waals surface area contributed by atoms with Gasteiger partial charge < -0.3 is 4.74 Å². The van der Waals surface area contributed by atoms with Crippen LogP contribution < -0.4 is 0 Å². The molecule has 0 aliphatic heterocycles. The molecular formula is C18H30O2. The zero-order valence-electron chi connectivity index (χ0n) is 13.2. The topological polar surface area (TPSA) is 26.3 Å². The monoisotopic (exact) mass is 278 g/mol. The van der Waals surface area contributed by atoms with Crippen molar-refractivity contribution in [2.45, 2.75) is 78.1 Å². The van der Waals surface area contributed by atoms with Gasteiger partial charge in [0, 0.05) is 19.8 Å². The summed E-state index contributed by atoms with van der Waals surface area (Å²) in [7, 11) is 0. The van der Waals surface area contributed by atoms with Crippen molar-refractivity contribution in [2.75, 3.05) is 6.61 Å². The molecule has 0 aromatic rings. The number of unbranched alkanes of at least 4 members (excludes halogenated alkanes) is 7. The lowest BCUT2D eigenvalue weighted by Crippen LogP contribution is -1.99. The molecule has 0 spiro atoms. The molecule has 0 unspecified atom stereocenters. The highest BCUT2D eigenvalue weighted by atomic mass is 16.5. The van der Waals surface area contributed by atoms with Gasteiger partial charge in [-0.1, -0.05) is 44.8 Å². The van der Waals surface area contributed by atoms with Crippen molar-refractivity contribution in [2.24, 2.45) is 0 Å². The van der Waals surface area contributed by atoms with Crippen molar-refractivity contribution in [1.29, 1.82) is 0 Å². The molecule has 0 amide bonds. The maximum Gasteiger partial charge on any atom is 0.302 e. The van der Waals surface area contributed by atoms with Crippen molar-refractivity contribution in [3.63, 3.8) is 0 Å². The quantitative estimate of drug-likeness (QED) is 0.229. The second-order valence-corrected chi connectivity index (χ2v) is 5.01. The van der Waals surface area contributed by atoms with Crippen LogP contribution in [0.4, 0.5) is 0 Å². The van der Waals surface area contributed by atoms with Crippen LogP contribution in [0.5, 0.6) is 0 Å². The van der Waals surface area contributed by atoms with Crippen LogP contribution in [0.3, 0.4) is 0 Å². The van der Waals surface area contributed by atoms with E-state index in [1.807, 2.05) is 0 Å². The lowest BCUT2D eigenvalue weighted by atomic mass is 10.1. The Morgan fingerprint density at radius 2 is 1.65 bits per heavy atom. The molecular weight excluding hydrogens is 248 g/mol. The fourth-order valence-electron chi connectivity index (χ4n) is 1.77. The Labute approximate surface area is 125 Å². The molecule has 0 aromatic heterocycles. The molecule has 0 bridgehead atoms. The second kappa shape index (κ2) is 15.8. The van der Waals surface area contributed by atoms with Crippen LogP contribution in [0, 0.1) is 11.8 Å². The van der Waals surface area contributed by atoms with Gasteiger partial charge in [0.05, 0.1) is 6.61 Å². The molecule has 0 heterocycles. The minimum atomic E-state index is -0.181. The average molecular weight is 278 g/mol. The van der Waals surface area contributed by atoms with Gasteiger partial charge in [-0.05, 0) is 25.7 Å². The van der Waals surface area contributed by atoms with Crippen LogP contribution >= 0.6 is 0 Å². The van der Waals surface area contributed by atoms with Crippen LogP contribution in [-0.2, 0) is 9.53 Å². The van der Waals surface area contributed by atoms with E-state index < -0.39 is 0 Å². The number of ether oxygens (including phenoxy) is 1. The summed E-state index contributed by atoms with van der Waals surface area (Å²) in [5, 5.41) is 0. The summed E-state index contributed by atoms with van der Waals surface area (Å²) in [5.41, 5.74) is 0. The molecule has 114 valence electrons. The first-order chi connectivity index (χ1) is 9.77. The average Bonchev–Trinajstić information content (AvgIpc) is 2.43. The highest BCUT2D eigenvalue weighted by Crippen LogP contribution is 2.03. The standard InChI is InChI=1S/C18H30O2/c1-3-4-5-6-7-8-9-10-11-12-13-14-15-16-17-20-18(2)19/h6-7H,3-5,8-9,12-17H2,1-2H3/b7-6-. The van der Waals surface area contributed by atoms with Gasteiger partial charge in [-0.25, -0.2) is 0 Å². The van der Waals surface area contributed by atoms with Gasteiger partial charge in [0.2, 0.25) is 0 Å². The zero-order valence-corrected chi connectivity index (χ0v) is 13.2. The molecule has 0 aliphatic carbocycles. The van der Waals surface area contributed by atoms with Crippen molar-refractivity contribution < 1.29 is 9.53 Å². The predicted octanol–water partition coefficient (Wildman–Crippen LogP) is 5.03. The molecule has 2 heteroatoms. The zero-order chi connectivity index (χ0) is 14.9. The van der Waals surface area contributed by atoms with Crippen molar-refractivity contribution in [3.05, 3.63) is 12.2 Å². The molecule has 2 nitrogen and oxygen atoms in total. The number of carbonyl (C=O) groups excluding carboxylic acids is 1. The van der Waals surface area contributed by atoms with Gasteiger partial charge in [0.15, 0.2) is 0 Å². The number of allylic oxidation sites excluding steroid dienone is 2. The van der Waals surface area contributed by atoms with E-state index >= 15 is 0 Å². The molecule has 0 fully saturated rings. The molecule has 0 rings (SSSR count). The van der Waals surface area contributed by atoms with Crippen LogP contribution in [0.2, 0.25) is 0 Å².